The van der Waals surface area contributed by atoms with Gasteiger partial charge in [-0.25, -0.2) is 4.79 Å². The van der Waals surface area contributed by atoms with Crippen molar-refractivity contribution in [3.63, 3.8) is 0 Å². The highest BCUT2D eigenvalue weighted by molar-refractivity contribution is 7.12. The van der Waals surface area contributed by atoms with Crippen LogP contribution in [0.15, 0.2) is 16.0 Å². The second-order valence-electron chi connectivity index (χ2n) is 4.77. The lowest BCUT2D eigenvalue weighted by molar-refractivity contribution is 0.0607. The van der Waals surface area contributed by atoms with Gasteiger partial charge in [-0.3, -0.25) is 4.79 Å². The molecule has 112 valence electrons. The van der Waals surface area contributed by atoms with Gasteiger partial charge in [-0.1, -0.05) is 19.0 Å². The third-order valence-corrected chi connectivity index (χ3v) is 3.82. The first-order chi connectivity index (χ1) is 9.95. The Morgan fingerprint density at radius 2 is 2.14 bits per heavy atom. The number of rotatable bonds is 4. The Morgan fingerprint density at radius 3 is 2.76 bits per heavy atom. The van der Waals surface area contributed by atoms with Gasteiger partial charge in [0.2, 0.25) is 0 Å². The molecule has 2 rings (SSSR count). The second-order valence-corrected chi connectivity index (χ2v) is 5.69. The fraction of sp³-hybridized carbons (Fsp3) is 0.357. The van der Waals surface area contributed by atoms with E-state index in [1.807, 2.05) is 13.8 Å². The van der Waals surface area contributed by atoms with Crippen LogP contribution in [0.5, 0.6) is 0 Å². The molecule has 0 fully saturated rings. The predicted octanol–water partition coefficient (Wildman–Crippen LogP) is 3.21. The molecule has 7 heteroatoms. The van der Waals surface area contributed by atoms with Crippen molar-refractivity contribution in [2.75, 3.05) is 12.4 Å². The zero-order chi connectivity index (χ0) is 15.6. The van der Waals surface area contributed by atoms with Gasteiger partial charge in [0.15, 0.2) is 5.76 Å². The number of hydrogen-bond acceptors (Lipinski definition) is 6. The molecule has 0 aliphatic carbocycles. The smallest absolute Gasteiger partial charge is 0.350 e. The fourth-order valence-corrected chi connectivity index (χ4v) is 2.67. The number of anilines is 1. The van der Waals surface area contributed by atoms with Crippen LogP contribution in [0.2, 0.25) is 0 Å². The van der Waals surface area contributed by atoms with E-state index in [4.69, 9.17) is 4.52 Å². The van der Waals surface area contributed by atoms with Crippen molar-refractivity contribution in [1.82, 2.24) is 5.16 Å². The number of carbonyl (C=O) groups excluding carboxylic acids is 2. The molecule has 0 aliphatic heterocycles. The van der Waals surface area contributed by atoms with Crippen LogP contribution in [0.4, 0.5) is 5.69 Å². The second kappa shape index (κ2) is 6.09. The predicted molar refractivity (Wildman–Crippen MR) is 78.9 cm³/mol. The van der Waals surface area contributed by atoms with Crippen molar-refractivity contribution in [2.45, 2.75) is 26.7 Å². The van der Waals surface area contributed by atoms with E-state index in [2.05, 4.69) is 15.2 Å². The highest BCUT2D eigenvalue weighted by atomic mass is 32.1. The van der Waals surface area contributed by atoms with Crippen LogP contribution in [-0.2, 0) is 4.74 Å². The first kappa shape index (κ1) is 15.2. The summed E-state index contributed by atoms with van der Waals surface area (Å²) in [6.07, 6.45) is 0. The fourth-order valence-electron chi connectivity index (χ4n) is 1.90. The first-order valence-electron chi connectivity index (χ1n) is 6.39. The number of thiophene rings is 1. The minimum absolute atomic E-state index is 0.0366. The molecule has 0 saturated carbocycles. The van der Waals surface area contributed by atoms with Gasteiger partial charge in [-0.2, -0.15) is 0 Å². The molecule has 1 amide bonds. The number of amides is 1. The molecule has 0 saturated heterocycles. The van der Waals surface area contributed by atoms with Crippen LogP contribution in [0.1, 0.15) is 51.2 Å². The third kappa shape index (κ3) is 2.97. The van der Waals surface area contributed by atoms with Crippen molar-refractivity contribution in [3.05, 3.63) is 33.3 Å². The van der Waals surface area contributed by atoms with E-state index in [-0.39, 0.29) is 11.8 Å². The van der Waals surface area contributed by atoms with Crippen LogP contribution in [0.3, 0.4) is 0 Å². The van der Waals surface area contributed by atoms with Crippen LogP contribution in [0, 0.1) is 6.92 Å². The standard InChI is InChI=1S/C14H16N2O4S/c1-7(2)11-10(8(3)16-20-11)13(17)15-9-5-6-21-12(9)14(18)19-4/h5-7H,1-4H3,(H,15,17). The number of carbonyl (C=O) groups is 2. The van der Waals surface area contributed by atoms with Crippen LogP contribution in [-0.4, -0.2) is 24.1 Å². The zero-order valence-corrected chi connectivity index (χ0v) is 13.0. The average molecular weight is 308 g/mol. The molecule has 2 aromatic rings. The summed E-state index contributed by atoms with van der Waals surface area (Å²) in [6.45, 7) is 5.54. The largest absolute Gasteiger partial charge is 0.465 e. The normalized spacial score (nSPS) is 10.7. The highest BCUT2D eigenvalue weighted by Crippen LogP contribution is 2.26. The Hall–Kier alpha value is -2.15. The van der Waals surface area contributed by atoms with Crippen LogP contribution in [0.25, 0.3) is 0 Å². The van der Waals surface area contributed by atoms with E-state index in [0.717, 1.165) is 0 Å². The minimum atomic E-state index is -0.480. The summed E-state index contributed by atoms with van der Waals surface area (Å²) in [7, 11) is 1.30. The average Bonchev–Trinajstić information content (AvgIpc) is 3.04. The van der Waals surface area contributed by atoms with Gasteiger partial charge in [-0.05, 0) is 18.4 Å². The molecule has 2 aromatic heterocycles. The van der Waals surface area contributed by atoms with E-state index < -0.39 is 5.97 Å². The van der Waals surface area contributed by atoms with Gasteiger partial charge in [0.05, 0.1) is 18.5 Å². The van der Waals surface area contributed by atoms with Gasteiger partial charge in [-0.15, -0.1) is 11.3 Å². The minimum Gasteiger partial charge on any atom is -0.465 e. The summed E-state index contributed by atoms with van der Waals surface area (Å²) in [5, 5.41) is 8.27. The molecular formula is C14H16N2O4S. The Kier molecular flexibility index (Phi) is 4.42. The molecule has 0 unspecified atom stereocenters. The molecule has 6 nitrogen and oxygen atoms in total. The molecule has 21 heavy (non-hydrogen) atoms. The molecule has 0 aromatic carbocycles. The number of hydrogen-bond donors (Lipinski definition) is 1. The van der Waals surface area contributed by atoms with Gasteiger partial charge in [0.1, 0.15) is 10.4 Å². The molecule has 1 N–H and O–H groups in total. The number of aromatic nitrogens is 1. The van der Waals surface area contributed by atoms with Crippen LogP contribution >= 0.6 is 11.3 Å². The third-order valence-electron chi connectivity index (χ3n) is 2.92. The maximum absolute atomic E-state index is 12.4. The van der Waals surface area contributed by atoms with Crippen molar-refractivity contribution >= 4 is 28.9 Å². The van der Waals surface area contributed by atoms with E-state index in [1.165, 1.54) is 18.4 Å². The summed E-state index contributed by atoms with van der Waals surface area (Å²) in [4.78, 5) is 24.4. The number of nitrogens with zero attached hydrogens (tertiary/aromatic N) is 1. The Balaban J connectivity index is 2.29. The monoisotopic (exact) mass is 308 g/mol. The summed E-state index contributed by atoms with van der Waals surface area (Å²) >= 11 is 1.21. The molecular weight excluding hydrogens is 292 g/mol. The van der Waals surface area contributed by atoms with Gasteiger partial charge in [0, 0.05) is 5.92 Å². The molecule has 0 atom stereocenters. The lowest BCUT2D eigenvalue weighted by Gasteiger charge is -2.07. The summed E-state index contributed by atoms with van der Waals surface area (Å²) < 4.78 is 9.88. The SMILES string of the molecule is COC(=O)c1sccc1NC(=O)c1c(C)noc1C(C)C. The molecule has 0 radical (unpaired) electrons. The van der Waals surface area contributed by atoms with Crippen LogP contribution < -0.4 is 5.32 Å². The van der Waals surface area contributed by atoms with Crippen molar-refractivity contribution in [2.24, 2.45) is 0 Å². The number of methoxy groups -OCH3 is 1. The molecule has 0 spiro atoms. The van der Waals surface area contributed by atoms with Crippen molar-refractivity contribution in [3.8, 4) is 0 Å². The summed E-state index contributed by atoms with van der Waals surface area (Å²) in [5.41, 5.74) is 1.35. The van der Waals surface area contributed by atoms with E-state index in [0.29, 0.717) is 27.6 Å². The Bertz CT molecular complexity index is 672. The quantitative estimate of drug-likeness (QED) is 0.877. The highest BCUT2D eigenvalue weighted by Gasteiger charge is 2.24. The topological polar surface area (TPSA) is 81.4 Å². The summed E-state index contributed by atoms with van der Waals surface area (Å²) in [6, 6.07) is 1.66. The number of nitrogens with one attached hydrogen (secondary N) is 1. The number of aryl methyl sites for hydroxylation is 1. The van der Waals surface area contributed by atoms with E-state index in [9.17, 15) is 9.59 Å². The van der Waals surface area contributed by atoms with Gasteiger partial charge >= 0.3 is 5.97 Å². The maximum atomic E-state index is 12.4. The lowest BCUT2D eigenvalue weighted by atomic mass is 10.0. The van der Waals surface area contributed by atoms with E-state index in [1.54, 1.807) is 18.4 Å². The van der Waals surface area contributed by atoms with Crippen molar-refractivity contribution < 1.29 is 18.8 Å². The maximum Gasteiger partial charge on any atom is 0.350 e. The first-order valence-corrected chi connectivity index (χ1v) is 7.27. The summed E-state index contributed by atoms with van der Waals surface area (Å²) in [5.74, 6) is -0.262. The lowest BCUT2D eigenvalue weighted by Crippen LogP contribution is -2.16. The molecule has 0 bridgehead atoms. The van der Waals surface area contributed by atoms with Gasteiger partial charge < -0.3 is 14.6 Å². The number of ether oxygens (including phenoxy) is 1. The number of esters is 1. The zero-order valence-electron chi connectivity index (χ0n) is 12.2. The Morgan fingerprint density at radius 1 is 1.43 bits per heavy atom. The molecule has 2 heterocycles. The Labute approximate surface area is 126 Å². The van der Waals surface area contributed by atoms with E-state index >= 15 is 0 Å². The van der Waals surface area contributed by atoms with Gasteiger partial charge in [0.25, 0.3) is 5.91 Å². The molecule has 0 aliphatic rings. The van der Waals surface area contributed by atoms with Crippen molar-refractivity contribution in [1.29, 1.82) is 0 Å².